The largest absolute Gasteiger partial charge is 0.370 e. The summed E-state index contributed by atoms with van der Waals surface area (Å²) >= 11 is 0. The Bertz CT molecular complexity index is 575. The maximum absolute atomic E-state index is 5.83. The number of aromatic nitrogens is 4. The van der Waals surface area contributed by atoms with Gasteiger partial charge in [-0.3, -0.25) is 4.68 Å². The smallest absolute Gasteiger partial charge is 0.222 e. The van der Waals surface area contributed by atoms with Crippen LogP contribution in [-0.4, -0.2) is 32.3 Å². The van der Waals surface area contributed by atoms with Crippen LogP contribution < -0.4 is 16.8 Å². The number of nitrogens with two attached hydrogens (primary N) is 2. The molecule has 1 saturated carbocycles. The zero-order valence-corrected chi connectivity index (χ0v) is 11.9. The molecule has 2 heterocycles. The second-order valence-electron chi connectivity index (χ2n) is 5.51. The first kappa shape index (κ1) is 13.8. The first-order valence-electron chi connectivity index (χ1n) is 7.32. The van der Waals surface area contributed by atoms with Gasteiger partial charge in [-0.2, -0.15) is 10.1 Å². The minimum absolute atomic E-state index is 0.302. The Morgan fingerprint density at radius 3 is 2.90 bits per heavy atom. The van der Waals surface area contributed by atoms with Gasteiger partial charge in [0.1, 0.15) is 5.82 Å². The zero-order valence-electron chi connectivity index (χ0n) is 11.9. The van der Waals surface area contributed by atoms with Crippen LogP contribution in [0.5, 0.6) is 0 Å². The van der Waals surface area contributed by atoms with Crippen molar-refractivity contribution in [1.82, 2.24) is 19.7 Å². The highest BCUT2D eigenvalue weighted by Gasteiger charge is 2.28. The third-order valence-electron chi connectivity index (χ3n) is 3.79. The molecule has 2 aromatic heterocycles. The second-order valence-corrected chi connectivity index (χ2v) is 5.51. The van der Waals surface area contributed by atoms with Crippen molar-refractivity contribution in [2.45, 2.75) is 37.8 Å². The van der Waals surface area contributed by atoms with Gasteiger partial charge in [0.25, 0.3) is 0 Å². The lowest BCUT2D eigenvalue weighted by Gasteiger charge is -2.32. The molecule has 0 radical (unpaired) electrons. The monoisotopic (exact) mass is 287 g/mol. The van der Waals surface area contributed by atoms with Gasteiger partial charge in [0.2, 0.25) is 5.95 Å². The second kappa shape index (κ2) is 6.09. The van der Waals surface area contributed by atoms with Crippen molar-refractivity contribution in [3.05, 3.63) is 30.2 Å². The molecule has 0 aliphatic heterocycles. The Balaban J connectivity index is 1.52. The highest BCUT2D eigenvalue weighted by molar-refractivity contribution is 5.41. The molecule has 1 fully saturated rings. The summed E-state index contributed by atoms with van der Waals surface area (Å²) in [5, 5.41) is 7.47. The van der Waals surface area contributed by atoms with Crippen LogP contribution in [0.1, 0.15) is 30.9 Å². The first-order chi connectivity index (χ1) is 10.2. The molecule has 0 aromatic carbocycles. The van der Waals surface area contributed by atoms with Crippen LogP contribution >= 0.6 is 0 Å². The summed E-state index contributed by atoms with van der Waals surface area (Å²) in [6, 6.07) is 4.21. The van der Waals surface area contributed by atoms with Crippen LogP contribution in [0, 0.1) is 0 Å². The van der Waals surface area contributed by atoms with E-state index in [1.54, 1.807) is 6.20 Å². The van der Waals surface area contributed by atoms with Crippen molar-refractivity contribution in [2.24, 2.45) is 5.73 Å². The molecular weight excluding hydrogens is 266 g/mol. The molecule has 0 bridgehead atoms. The van der Waals surface area contributed by atoms with Gasteiger partial charge in [-0.25, -0.2) is 4.98 Å². The molecule has 0 unspecified atom stereocenters. The van der Waals surface area contributed by atoms with E-state index in [9.17, 15) is 0 Å². The minimum atomic E-state index is 0.302. The summed E-state index contributed by atoms with van der Waals surface area (Å²) in [5.41, 5.74) is 12.6. The molecule has 3 rings (SSSR count). The number of anilines is 2. The fraction of sp³-hybridized carbons (Fsp3) is 0.500. The van der Waals surface area contributed by atoms with Gasteiger partial charge in [0, 0.05) is 43.5 Å². The van der Waals surface area contributed by atoms with Gasteiger partial charge in [0.15, 0.2) is 0 Å². The number of rotatable bonds is 6. The molecule has 112 valence electrons. The van der Waals surface area contributed by atoms with E-state index in [0.29, 0.717) is 17.9 Å². The maximum atomic E-state index is 5.83. The summed E-state index contributed by atoms with van der Waals surface area (Å²) in [4.78, 5) is 8.55. The van der Waals surface area contributed by atoms with Gasteiger partial charge in [-0.1, -0.05) is 0 Å². The lowest BCUT2D eigenvalue weighted by molar-refractivity contribution is 0.345. The summed E-state index contributed by atoms with van der Waals surface area (Å²) in [5.74, 6) is 1.54. The highest BCUT2D eigenvalue weighted by atomic mass is 15.3. The molecule has 0 saturated heterocycles. The molecule has 7 heteroatoms. The molecule has 5 N–H and O–H groups in total. The maximum Gasteiger partial charge on any atom is 0.222 e. The number of hydrogen-bond donors (Lipinski definition) is 3. The number of aryl methyl sites for hydroxylation is 1. The number of nitrogens with zero attached hydrogens (tertiary/aromatic N) is 4. The number of nitrogen functional groups attached to an aromatic ring is 1. The number of hydrogen-bond acceptors (Lipinski definition) is 6. The fourth-order valence-electron chi connectivity index (χ4n) is 2.58. The lowest BCUT2D eigenvalue weighted by Crippen LogP contribution is -2.35. The SMILES string of the molecule is Nc1nc(NCCCn2cccn2)cc(C2CC(N)C2)n1. The normalized spacial score (nSPS) is 21.0. The van der Waals surface area contributed by atoms with E-state index in [4.69, 9.17) is 11.5 Å². The molecule has 1 aliphatic rings. The van der Waals surface area contributed by atoms with Crippen molar-refractivity contribution in [1.29, 1.82) is 0 Å². The Morgan fingerprint density at radius 2 is 2.19 bits per heavy atom. The molecular formula is C14H21N7. The zero-order chi connectivity index (χ0) is 14.7. The standard InChI is InChI=1S/C14H21N7/c15-11-7-10(8-11)12-9-13(20-14(16)19-12)17-3-1-5-21-6-2-4-18-21/h2,4,6,9-11H,1,3,5,7-8,15H2,(H3,16,17,19,20). The van der Waals surface area contributed by atoms with Gasteiger partial charge >= 0.3 is 0 Å². The van der Waals surface area contributed by atoms with Crippen LogP contribution in [0.2, 0.25) is 0 Å². The average molecular weight is 287 g/mol. The lowest BCUT2D eigenvalue weighted by atomic mass is 9.78. The van der Waals surface area contributed by atoms with E-state index in [1.807, 2.05) is 23.0 Å². The van der Waals surface area contributed by atoms with Crippen LogP contribution in [0.3, 0.4) is 0 Å². The summed E-state index contributed by atoms with van der Waals surface area (Å²) in [6.07, 6.45) is 6.67. The molecule has 0 amide bonds. The molecule has 0 spiro atoms. The van der Waals surface area contributed by atoms with E-state index in [1.165, 1.54) is 0 Å². The van der Waals surface area contributed by atoms with Crippen molar-refractivity contribution in [3.63, 3.8) is 0 Å². The van der Waals surface area contributed by atoms with Crippen LogP contribution in [0.4, 0.5) is 11.8 Å². The van der Waals surface area contributed by atoms with Crippen LogP contribution in [0.15, 0.2) is 24.5 Å². The molecule has 21 heavy (non-hydrogen) atoms. The average Bonchev–Trinajstić information content (AvgIpc) is 2.93. The summed E-state index contributed by atoms with van der Waals surface area (Å²) in [6.45, 7) is 1.70. The quantitative estimate of drug-likeness (QED) is 0.683. The predicted molar refractivity (Wildman–Crippen MR) is 81.7 cm³/mol. The van der Waals surface area contributed by atoms with E-state index in [0.717, 1.165) is 43.9 Å². The van der Waals surface area contributed by atoms with Crippen molar-refractivity contribution >= 4 is 11.8 Å². The van der Waals surface area contributed by atoms with Gasteiger partial charge < -0.3 is 16.8 Å². The van der Waals surface area contributed by atoms with E-state index in [2.05, 4.69) is 20.4 Å². The van der Waals surface area contributed by atoms with E-state index >= 15 is 0 Å². The third kappa shape index (κ3) is 3.49. The Morgan fingerprint density at radius 1 is 1.33 bits per heavy atom. The van der Waals surface area contributed by atoms with Gasteiger partial charge in [-0.15, -0.1) is 0 Å². The van der Waals surface area contributed by atoms with Crippen LogP contribution in [0.25, 0.3) is 0 Å². The number of nitrogens with one attached hydrogen (secondary N) is 1. The summed E-state index contributed by atoms with van der Waals surface area (Å²) < 4.78 is 1.91. The molecule has 7 nitrogen and oxygen atoms in total. The van der Waals surface area contributed by atoms with Gasteiger partial charge in [-0.05, 0) is 25.3 Å². The topological polar surface area (TPSA) is 108 Å². The Hall–Kier alpha value is -2.15. The molecule has 1 aliphatic carbocycles. The van der Waals surface area contributed by atoms with E-state index in [-0.39, 0.29) is 0 Å². The predicted octanol–water partition coefficient (Wildman–Crippen LogP) is 0.962. The molecule has 2 aromatic rings. The first-order valence-corrected chi connectivity index (χ1v) is 7.32. The Kier molecular flexibility index (Phi) is 4.01. The fourth-order valence-corrected chi connectivity index (χ4v) is 2.58. The summed E-state index contributed by atoms with van der Waals surface area (Å²) in [7, 11) is 0. The van der Waals surface area contributed by atoms with Crippen molar-refractivity contribution in [3.8, 4) is 0 Å². The van der Waals surface area contributed by atoms with Crippen molar-refractivity contribution < 1.29 is 0 Å². The van der Waals surface area contributed by atoms with Crippen molar-refractivity contribution in [2.75, 3.05) is 17.6 Å². The highest BCUT2D eigenvalue weighted by Crippen LogP contribution is 2.35. The molecule has 0 atom stereocenters. The van der Waals surface area contributed by atoms with Gasteiger partial charge in [0.05, 0.1) is 5.69 Å². The minimum Gasteiger partial charge on any atom is -0.370 e. The van der Waals surface area contributed by atoms with Crippen LogP contribution in [-0.2, 0) is 6.54 Å². The Labute approximate surface area is 123 Å². The third-order valence-corrected chi connectivity index (χ3v) is 3.79. The van der Waals surface area contributed by atoms with E-state index < -0.39 is 0 Å².